The van der Waals surface area contributed by atoms with Crippen LogP contribution in [-0.4, -0.2) is 46.4 Å². The molecule has 0 radical (unpaired) electrons. The lowest BCUT2D eigenvalue weighted by Gasteiger charge is -2.43. The van der Waals surface area contributed by atoms with Crippen LogP contribution in [0.1, 0.15) is 32.8 Å². The first kappa shape index (κ1) is 18.2. The van der Waals surface area contributed by atoms with Crippen molar-refractivity contribution < 1.29 is 28.9 Å². The fourth-order valence-electron chi connectivity index (χ4n) is 2.59. The van der Waals surface area contributed by atoms with Crippen LogP contribution >= 0.6 is 0 Å². The van der Waals surface area contributed by atoms with Crippen molar-refractivity contribution >= 4 is 12.1 Å². The summed E-state index contributed by atoms with van der Waals surface area (Å²) < 4.78 is 18.6. The van der Waals surface area contributed by atoms with Crippen molar-refractivity contribution in [3.05, 3.63) is 35.6 Å². The maximum atomic E-state index is 13.2. The van der Waals surface area contributed by atoms with Crippen LogP contribution in [-0.2, 0) is 15.1 Å². The van der Waals surface area contributed by atoms with Crippen LogP contribution in [0.3, 0.4) is 0 Å². The zero-order valence-corrected chi connectivity index (χ0v) is 14.0. The highest BCUT2D eigenvalue weighted by Gasteiger charge is 2.47. The summed E-state index contributed by atoms with van der Waals surface area (Å²) in [5, 5.41) is 20.3. The Labute approximate surface area is 139 Å². The van der Waals surface area contributed by atoms with Crippen LogP contribution in [0.15, 0.2) is 24.3 Å². The molecule has 1 amide bonds. The maximum absolute atomic E-state index is 13.2. The third-order valence-electron chi connectivity index (χ3n) is 4.16. The highest BCUT2D eigenvalue weighted by molar-refractivity contribution is 5.75. The van der Waals surface area contributed by atoms with Gasteiger partial charge in [0.2, 0.25) is 0 Å². The van der Waals surface area contributed by atoms with Gasteiger partial charge in [0, 0.05) is 13.0 Å². The third-order valence-corrected chi connectivity index (χ3v) is 4.16. The van der Waals surface area contributed by atoms with E-state index in [2.05, 4.69) is 0 Å². The summed E-state index contributed by atoms with van der Waals surface area (Å²) in [5.41, 5.74) is -1.98. The number of hydrogen-bond donors (Lipinski definition) is 2. The first-order chi connectivity index (χ1) is 11.0. The van der Waals surface area contributed by atoms with Crippen molar-refractivity contribution in [2.24, 2.45) is 5.41 Å². The number of carboxylic acid groups (broad SMARTS) is 1. The van der Waals surface area contributed by atoms with Gasteiger partial charge in [0.15, 0.2) is 6.10 Å². The molecular formula is C17H22FNO5. The maximum Gasteiger partial charge on any atom is 0.407 e. The van der Waals surface area contributed by atoms with Gasteiger partial charge in [0.1, 0.15) is 11.4 Å². The molecule has 0 bridgehead atoms. The third kappa shape index (κ3) is 3.67. The number of esters is 1. The monoisotopic (exact) mass is 339 g/mol. The van der Waals surface area contributed by atoms with Crippen molar-refractivity contribution in [2.75, 3.05) is 13.1 Å². The molecule has 1 aromatic carbocycles. The number of rotatable bonds is 2. The highest BCUT2D eigenvalue weighted by atomic mass is 19.1. The summed E-state index contributed by atoms with van der Waals surface area (Å²) in [4.78, 5) is 24.5. The number of ether oxygens (including phenoxy) is 1. The van der Waals surface area contributed by atoms with Crippen LogP contribution in [0.25, 0.3) is 0 Å². The highest BCUT2D eigenvalue weighted by Crippen LogP contribution is 2.36. The Balaban J connectivity index is 2.34. The quantitative estimate of drug-likeness (QED) is 0.808. The molecule has 0 spiro atoms. The second-order valence-corrected chi connectivity index (χ2v) is 7.05. The number of amides is 1. The van der Waals surface area contributed by atoms with Crippen molar-refractivity contribution in [1.29, 1.82) is 0 Å². The Morgan fingerprint density at radius 1 is 1.29 bits per heavy atom. The average Bonchev–Trinajstić information content (AvgIpc) is 2.48. The minimum Gasteiger partial charge on any atom is -0.465 e. The lowest BCUT2D eigenvalue weighted by Crippen LogP contribution is -2.57. The lowest BCUT2D eigenvalue weighted by molar-refractivity contribution is -0.185. The van der Waals surface area contributed by atoms with Gasteiger partial charge in [-0.05, 0) is 38.5 Å². The lowest BCUT2D eigenvalue weighted by atomic mass is 9.81. The summed E-state index contributed by atoms with van der Waals surface area (Å²) in [6, 6.07) is 5.26. The van der Waals surface area contributed by atoms with E-state index < -0.39 is 35.0 Å². The molecule has 1 aliphatic heterocycles. The van der Waals surface area contributed by atoms with E-state index in [-0.39, 0.29) is 19.5 Å². The van der Waals surface area contributed by atoms with Crippen LogP contribution in [0.5, 0.6) is 0 Å². The summed E-state index contributed by atoms with van der Waals surface area (Å²) in [7, 11) is 0. The Hall–Kier alpha value is -2.15. The van der Waals surface area contributed by atoms with Gasteiger partial charge in [-0.1, -0.05) is 12.1 Å². The molecule has 1 aliphatic rings. The van der Waals surface area contributed by atoms with Gasteiger partial charge in [0.25, 0.3) is 0 Å². The number of carbonyl (C=O) groups is 2. The predicted octanol–water partition coefficient (Wildman–Crippen LogP) is 2.35. The fourth-order valence-corrected chi connectivity index (χ4v) is 2.59. The van der Waals surface area contributed by atoms with Gasteiger partial charge in [0.05, 0.1) is 12.0 Å². The molecule has 0 saturated carbocycles. The number of carbonyl (C=O) groups excluding carboxylic acids is 1. The SMILES string of the molecule is CC(C)(C)C(=O)O[C@@H]1CN(C(=O)O)CC[C@@]1(O)c1ccc(F)cc1. The number of piperidine rings is 1. The Morgan fingerprint density at radius 2 is 1.88 bits per heavy atom. The van der Waals surface area contributed by atoms with Gasteiger partial charge >= 0.3 is 12.1 Å². The molecule has 1 fully saturated rings. The van der Waals surface area contributed by atoms with Gasteiger partial charge < -0.3 is 19.8 Å². The van der Waals surface area contributed by atoms with Crippen LogP contribution in [0, 0.1) is 11.2 Å². The molecule has 2 atom stereocenters. The van der Waals surface area contributed by atoms with E-state index in [0.29, 0.717) is 5.56 Å². The molecule has 1 heterocycles. The standard InChI is InChI=1S/C17H22FNO5/c1-16(2,3)14(20)24-13-10-19(15(21)22)9-8-17(13,23)11-4-6-12(18)7-5-11/h4-7,13,23H,8-10H2,1-3H3,(H,21,22)/t13-,17-/m1/s1. The number of halogens is 1. The van der Waals surface area contributed by atoms with Gasteiger partial charge in [-0.25, -0.2) is 9.18 Å². The zero-order chi connectivity index (χ0) is 18.1. The second kappa shape index (κ2) is 6.39. The van der Waals surface area contributed by atoms with E-state index in [1.54, 1.807) is 20.8 Å². The smallest absolute Gasteiger partial charge is 0.407 e. The summed E-state index contributed by atoms with van der Waals surface area (Å²) in [6.45, 7) is 4.95. The summed E-state index contributed by atoms with van der Waals surface area (Å²) in [5.74, 6) is -0.992. The van der Waals surface area contributed by atoms with Crippen molar-refractivity contribution in [1.82, 2.24) is 4.90 Å². The topological polar surface area (TPSA) is 87.1 Å². The van der Waals surface area contributed by atoms with Crippen molar-refractivity contribution in [3.63, 3.8) is 0 Å². The Bertz CT molecular complexity index is 625. The fraction of sp³-hybridized carbons (Fsp3) is 0.529. The molecule has 0 aliphatic carbocycles. The molecule has 1 aromatic rings. The number of hydrogen-bond acceptors (Lipinski definition) is 4. The molecule has 2 N–H and O–H groups in total. The molecule has 0 aromatic heterocycles. The van der Waals surface area contributed by atoms with E-state index in [0.717, 1.165) is 4.90 Å². The molecular weight excluding hydrogens is 317 g/mol. The molecule has 6 nitrogen and oxygen atoms in total. The van der Waals surface area contributed by atoms with Gasteiger partial charge in [-0.2, -0.15) is 0 Å². The first-order valence-electron chi connectivity index (χ1n) is 7.71. The Morgan fingerprint density at radius 3 is 2.38 bits per heavy atom. The zero-order valence-electron chi connectivity index (χ0n) is 14.0. The van der Waals surface area contributed by atoms with Gasteiger partial charge in [-0.3, -0.25) is 4.79 Å². The number of aliphatic hydroxyl groups is 1. The van der Waals surface area contributed by atoms with E-state index in [4.69, 9.17) is 4.74 Å². The molecule has 1 saturated heterocycles. The summed E-state index contributed by atoms with van der Waals surface area (Å²) >= 11 is 0. The molecule has 7 heteroatoms. The van der Waals surface area contributed by atoms with Crippen LogP contribution in [0.4, 0.5) is 9.18 Å². The number of benzene rings is 1. The average molecular weight is 339 g/mol. The minimum absolute atomic E-state index is 0.0486. The molecule has 24 heavy (non-hydrogen) atoms. The normalized spacial score (nSPS) is 24.5. The van der Waals surface area contributed by atoms with Crippen molar-refractivity contribution in [2.45, 2.75) is 38.9 Å². The Kier molecular flexibility index (Phi) is 4.85. The van der Waals surface area contributed by atoms with E-state index in [1.807, 2.05) is 0 Å². The summed E-state index contributed by atoms with van der Waals surface area (Å²) in [6.07, 6.45) is -2.17. The van der Waals surface area contributed by atoms with Gasteiger partial charge in [-0.15, -0.1) is 0 Å². The van der Waals surface area contributed by atoms with E-state index >= 15 is 0 Å². The minimum atomic E-state index is -1.57. The molecule has 132 valence electrons. The molecule has 0 unspecified atom stereocenters. The van der Waals surface area contributed by atoms with Crippen LogP contribution < -0.4 is 0 Å². The first-order valence-corrected chi connectivity index (χ1v) is 7.71. The number of likely N-dealkylation sites (tertiary alicyclic amines) is 1. The second-order valence-electron chi connectivity index (χ2n) is 7.05. The number of nitrogens with zero attached hydrogens (tertiary/aromatic N) is 1. The largest absolute Gasteiger partial charge is 0.465 e. The van der Waals surface area contributed by atoms with Crippen LogP contribution in [0.2, 0.25) is 0 Å². The van der Waals surface area contributed by atoms with Crippen molar-refractivity contribution in [3.8, 4) is 0 Å². The van der Waals surface area contributed by atoms with E-state index in [9.17, 15) is 24.2 Å². The molecule has 2 rings (SSSR count). The van der Waals surface area contributed by atoms with E-state index in [1.165, 1.54) is 24.3 Å². The predicted molar refractivity (Wildman–Crippen MR) is 83.8 cm³/mol.